The Bertz CT molecular complexity index is 617. The second-order valence-corrected chi connectivity index (χ2v) is 6.19. The molecule has 0 aliphatic rings. The van der Waals surface area contributed by atoms with Crippen LogP contribution in [0, 0.1) is 0 Å². The molecule has 0 heteroatoms. The average molecular weight is 280 g/mol. The molecule has 0 radical (unpaired) electrons. The first kappa shape index (κ1) is 15.8. The lowest BCUT2D eigenvalue weighted by Crippen LogP contribution is -2.00. The second kappa shape index (κ2) is 7.45. The number of benzene rings is 2. The first-order valence-electron chi connectivity index (χ1n) is 8.36. The Morgan fingerprint density at radius 2 is 1.86 bits per heavy atom. The highest BCUT2D eigenvalue weighted by Gasteiger charge is 2.13. The standard InChI is InChI=1S/C21H28/c1-5-7-8-14-20-18-13-10-9-12-17(18)15-21(16(3)4)19(20)11-6-2/h6,9-13,15-16H,5,7-8,14H2,1-4H3/b11-6-. The van der Waals surface area contributed by atoms with Crippen molar-refractivity contribution in [2.24, 2.45) is 0 Å². The third-order valence-electron chi connectivity index (χ3n) is 4.22. The van der Waals surface area contributed by atoms with Gasteiger partial charge in [-0.2, -0.15) is 0 Å². The van der Waals surface area contributed by atoms with E-state index in [4.69, 9.17) is 0 Å². The van der Waals surface area contributed by atoms with E-state index >= 15 is 0 Å². The summed E-state index contributed by atoms with van der Waals surface area (Å²) in [6.07, 6.45) is 9.56. The number of unbranched alkanes of at least 4 members (excludes halogenated alkanes) is 2. The predicted octanol–water partition coefficient (Wildman–Crippen LogP) is 6.73. The highest BCUT2D eigenvalue weighted by molar-refractivity contribution is 5.90. The monoisotopic (exact) mass is 280 g/mol. The molecule has 0 aliphatic carbocycles. The van der Waals surface area contributed by atoms with Gasteiger partial charge in [-0.05, 0) is 53.1 Å². The van der Waals surface area contributed by atoms with Gasteiger partial charge in [0.25, 0.3) is 0 Å². The molecule has 2 aromatic rings. The largest absolute Gasteiger partial charge is 0.0870 e. The van der Waals surface area contributed by atoms with Crippen LogP contribution in [0.1, 0.15) is 69.6 Å². The van der Waals surface area contributed by atoms with Crippen molar-refractivity contribution >= 4 is 16.8 Å². The minimum Gasteiger partial charge on any atom is -0.0870 e. The van der Waals surface area contributed by atoms with Crippen molar-refractivity contribution in [3.05, 3.63) is 53.1 Å². The molecule has 0 atom stereocenters. The van der Waals surface area contributed by atoms with Crippen molar-refractivity contribution in [2.45, 2.75) is 59.3 Å². The Hall–Kier alpha value is -1.56. The molecule has 0 unspecified atom stereocenters. The van der Waals surface area contributed by atoms with E-state index < -0.39 is 0 Å². The van der Waals surface area contributed by atoms with Crippen LogP contribution in [0.3, 0.4) is 0 Å². The smallest absolute Gasteiger partial charge is 0.0146 e. The third kappa shape index (κ3) is 3.56. The molecular formula is C21H28. The summed E-state index contributed by atoms with van der Waals surface area (Å²) >= 11 is 0. The summed E-state index contributed by atoms with van der Waals surface area (Å²) < 4.78 is 0. The lowest BCUT2D eigenvalue weighted by atomic mass is 9.86. The maximum Gasteiger partial charge on any atom is -0.0146 e. The van der Waals surface area contributed by atoms with E-state index in [2.05, 4.69) is 70.2 Å². The molecule has 21 heavy (non-hydrogen) atoms. The predicted molar refractivity (Wildman–Crippen MR) is 96.0 cm³/mol. The molecule has 112 valence electrons. The fraction of sp³-hybridized carbons (Fsp3) is 0.429. The quantitative estimate of drug-likeness (QED) is 0.515. The molecular weight excluding hydrogens is 252 g/mol. The average Bonchev–Trinajstić information content (AvgIpc) is 2.48. The number of hydrogen-bond donors (Lipinski definition) is 0. The van der Waals surface area contributed by atoms with Crippen LogP contribution in [-0.4, -0.2) is 0 Å². The zero-order chi connectivity index (χ0) is 15.2. The molecule has 0 bridgehead atoms. The van der Waals surface area contributed by atoms with Crippen LogP contribution in [0.15, 0.2) is 36.4 Å². The van der Waals surface area contributed by atoms with E-state index in [1.54, 1.807) is 5.56 Å². The molecule has 0 nitrogen and oxygen atoms in total. The van der Waals surface area contributed by atoms with Crippen molar-refractivity contribution in [1.29, 1.82) is 0 Å². The van der Waals surface area contributed by atoms with Gasteiger partial charge >= 0.3 is 0 Å². The van der Waals surface area contributed by atoms with E-state index in [-0.39, 0.29) is 0 Å². The van der Waals surface area contributed by atoms with Gasteiger partial charge in [-0.25, -0.2) is 0 Å². The third-order valence-corrected chi connectivity index (χ3v) is 4.22. The SMILES string of the molecule is C/C=C\c1c(C(C)C)cc2ccccc2c1CCCCC. The van der Waals surface area contributed by atoms with Crippen molar-refractivity contribution in [2.75, 3.05) is 0 Å². The summed E-state index contributed by atoms with van der Waals surface area (Å²) in [5.74, 6) is 0.561. The number of fused-ring (bicyclic) bond motifs is 1. The Labute approximate surface area is 129 Å². The fourth-order valence-electron chi connectivity index (χ4n) is 3.12. The zero-order valence-electron chi connectivity index (χ0n) is 13.9. The van der Waals surface area contributed by atoms with Crippen LogP contribution in [0.4, 0.5) is 0 Å². The maximum atomic E-state index is 2.39. The molecule has 2 aromatic carbocycles. The van der Waals surface area contributed by atoms with Crippen LogP contribution in [0.2, 0.25) is 0 Å². The van der Waals surface area contributed by atoms with Gasteiger partial charge in [0, 0.05) is 0 Å². The lowest BCUT2D eigenvalue weighted by Gasteiger charge is -2.18. The first-order chi connectivity index (χ1) is 10.2. The van der Waals surface area contributed by atoms with E-state index in [1.807, 2.05) is 0 Å². The molecule has 0 amide bonds. The molecule has 0 N–H and O–H groups in total. The molecule has 0 heterocycles. The Balaban J connectivity index is 2.64. The van der Waals surface area contributed by atoms with Crippen LogP contribution in [-0.2, 0) is 6.42 Å². The van der Waals surface area contributed by atoms with Crippen molar-refractivity contribution in [1.82, 2.24) is 0 Å². The summed E-state index contributed by atoms with van der Waals surface area (Å²) in [5.41, 5.74) is 4.49. The van der Waals surface area contributed by atoms with Gasteiger partial charge in [-0.1, -0.05) is 76.1 Å². The molecule has 0 aliphatic heterocycles. The first-order valence-corrected chi connectivity index (χ1v) is 8.36. The minimum atomic E-state index is 0.561. The molecule has 0 aromatic heterocycles. The molecule has 0 saturated carbocycles. The van der Waals surface area contributed by atoms with Crippen LogP contribution >= 0.6 is 0 Å². The van der Waals surface area contributed by atoms with Gasteiger partial charge in [0.05, 0.1) is 0 Å². The fourth-order valence-corrected chi connectivity index (χ4v) is 3.12. The molecule has 0 spiro atoms. The van der Waals surface area contributed by atoms with Crippen molar-refractivity contribution < 1.29 is 0 Å². The number of rotatable bonds is 6. The number of allylic oxidation sites excluding steroid dienone is 1. The molecule has 0 fully saturated rings. The normalized spacial score (nSPS) is 11.9. The summed E-state index contributed by atoms with van der Waals surface area (Å²) in [7, 11) is 0. The van der Waals surface area contributed by atoms with Gasteiger partial charge < -0.3 is 0 Å². The summed E-state index contributed by atoms with van der Waals surface area (Å²) in [4.78, 5) is 0. The minimum absolute atomic E-state index is 0.561. The van der Waals surface area contributed by atoms with Crippen LogP contribution < -0.4 is 0 Å². The second-order valence-electron chi connectivity index (χ2n) is 6.19. The highest BCUT2D eigenvalue weighted by atomic mass is 14.2. The summed E-state index contributed by atoms with van der Waals surface area (Å²) in [6, 6.07) is 11.2. The Morgan fingerprint density at radius 3 is 2.52 bits per heavy atom. The zero-order valence-corrected chi connectivity index (χ0v) is 13.9. The van der Waals surface area contributed by atoms with Gasteiger partial charge in [-0.15, -0.1) is 0 Å². The maximum absolute atomic E-state index is 2.39. The summed E-state index contributed by atoms with van der Waals surface area (Å²) in [5, 5.41) is 2.83. The molecule has 0 saturated heterocycles. The molecule has 2 rings (SSSR count). The van der Waals surface area contributed by atoms with Gasteiger partial charge in [-0.3, -0.25) is 0 Å². The number of hydrogen-bond acceptors (Lipinski definition) is 0. The van der Waals surface area contributed by atoms with E-state index in [0.29, 0.717) is 5.92 Å². The van der Waals surface area contributed by atoms with Crippen molar-refractivity contribution in [3.63, 3.8) is 0 Å². The van der Waals surface area contributed by atoms with Gasteiger partial charge in [0.15, 0.2) is 0 Å². The Morgan fingerprint density at radius 1 is 1.10 bits per heavy atom. The van der Waals surface area contributed by atoms with Crippen LogP contribution in [0.5, 0.6) is 0 Å². The van der Waals surface area contributed by atoms with Crippen molar-refractivity contribution in [3.8, 4) is 0 Å². The topological polar surface area (TPSA) is 0 Å². The van der Waals surface area contributed by atoms with Gasteiger partial charge in [0.1, 0.15) is 0 Å². The van der Waals surface area contributed by atoms with Gasteiger partial charge in [0.2, 0.25) is 0 Å². The van der Waals surface area contributed by atoms with E-state index in [9.17, 15) is 0 Å². The lowest BCUT2D eigenvalue weighted by molar-refractivity contribution is 0.717. The highest BCUT2D eigenvalue weighted by Crippen LogP contribution is 2.32. The van der Waals surface area contributed by atoms with E-state index in [0.717, 1.165) is 0 Å². The van der Waals surface area contributed by atoms with Crippen LogP contribution in [0.25, 0.3) is 16.8 Å². The van der Waals surface area contributed by atoms with E-state index in [1.165, 1.54) is 47.6 Å². The Kier molecular flexibility index (Phi) is 5.61. The summed E-state index contributed by atoms with van der Waals surface area (Å²) in [6.45, 7) is 8.99. The number of aryl methyl sites for hydroxylation is 1.